The Morgan fingerprint density at radius 1 is 1.37 bits per heavy atom. The van der Waals surface area contributed by atoms with E-state index in [0.717, 1.165) is 18.7 Å². The molecular weight excluding hydrogens is 242 g/mol. The summed E-state index contributed by atoms with van der Waals surface area (Å²) in [4.78, 5) is 11.1. The summed E-state index contributed by atoms with van der Waals surface area (Å²) < 4.78 is 1.93. The van der Waals surface area contributed by atoms with E-state index >= 15 is 0 Å². The molecule has 2 rings (SSSR count). The fourth-order valence-electron chi connectivity index (χ4n) is 1.93. The van der Waals surface area contributed by atoms with E-state index in [1.807, 2.05) is 16.8 Å². The predicted octanol–water partition coefficient (Wildman–Crippen LogP) is 2.60. The number of para-hydroxylation sites is 1. The molecule has 1 aromatic heterocycles. The van der Waals surface area contributed by atoms with Gasteiger partial charge in [0, 0.05) is 18.4 Å². The van der Waals surface area contributed by atoms with Crippen molar-refractivity contribution in [3.8, 4) is 0 Å². The Hall–Kier alpha value is -2.30. The van der Waals surface area contributed by atoms with Crippen molar-refractivity contribution in [3.63, 3.8) is 0 Å². The van der Waals surface area contributed by atoms with Crippen LogP contribution in [0.25, 0.3) is 0 Å². The first kappa shape index (κ1) is 13.1. The lowest BCUT2D eigenvalue weighted by molar-refractivity contribution is 0.0698. The third-order valence-electron chi connectivity index (χ3n) is 2.86. The first-order valence-corrected chi connectivity index (χ1v) is 6.29. The molecule has 0 saturated heterocycles. The van der Waals surface area contributed by atoms with Gasteiger partial charge in [0.2, 0.25) is 0 Å². The first-order valence-electron chi connectivity index (χ1n) is 6.29. The van der Waals surface area contributed by atoms with Gasteiger partial charge in [0.25, 0.3) is 0 Å². The van der Waals surface area contributed by atoms with E-state index in [-0.39, 0.29) is 5.56 Å². The number of nitrogens with zero attached hydrogens (tertiary/aromatic N) is 2. The maximum atomic E-state index is 11.1. The van der Waals surface area contributed by atoms with Crippen LogP contribution in [0.1, 0.15) is 29.4 Å². The minimum atomic E-state index is -0.926. The zero-order chi connectivity index (χ0) is 13.7. The number of nitrogens with one attached hydrogen (secondary N) is 1. The average molecular weight is 259 g/mol. The monoisotopic (exact) mass is 259 g/mol. The van der Waals surface area contributed by atoms with Crippen LogP contribution in [-0.2, 0) is 13.1 Å². The van der Waals surface area contributed by atoms with Crippen LogP contribution in [0.15, 0.2) is 36.5 Å². The lowest BCUT2D eigenvalue weighted by Gasteiger charge is -2.10. The minimum absolute atomic E-state index is 0.282. The van der Waals surface area contributed by atoms with Gasteiger partial charge < -0.3 is 10.4 Å². The lowest BCUT2D eigenvalue weighted by Crippen LogP contribution is -2.11. The van der Waals surface area contributed by atoms with Crippen LogP contribution in [-0.4, -0.2) is 20.9 Å². The summed E-state index contributed by atoms with van der Waals surface area (Å²) in [6, 6.07) is 8.83. The third-order valence-corrected chi connectivity index (χ3v) is 2.86. The van der Waals surface area contributed by atoms with Crippen LogP contribution in [0.2, 0.25) is 0 Å². The molecule has 2 N–H and O–H groups in total. The van der Waals surface area contributed by atoms with Gasteiger partial charge in [-0.15, -0.1) is 0 Å². The van der Waals surface area contributed by atoms with Gasteiger partial charge in [-0.2, -0.15) is 5.10 Å². The second-order valence-corrected chi connectivity index (χ2v) is 4.25. The molecule has 100 valence electrons. The Morgan fingerprint density at radius 2 is 2.16 bits per heavy atom. The first-order chi connectivity index (χ1) is 9.22. The van der Waals surface area contributed by atoms with Gasteiger partial charge in [-0.3, -0.25) is 4.68 Å². The van der Waals surface area contributed by atoms with Gasteiger partial charge in [-0.05, 0) is 24.6 Å². The number of aromatic nitrogens is 2. The third kappa shape index (κ3) is 3.13. The molecule has 0 radical (unpaired) electrons. The number of aromatic carboxylic acids is 1. The normalized spacial score (nSPS) is 10.4. The number of aryl methyl sites for hydroxylation is 1. The average Bonchev–Trinajstić information content (AvgIpc) is 2.84. The smallest absolute Gasteiger partial charge is 0.337 e. The number of anilines is 1. The summed E-state index contributed by atoms with van der Waals surface area (Å²) in [6.45, 7) is 3.52. The molecule has 0 amide bonds. The van der Waals surface area contributed by atoms with E-state index in [2.05, 4.69) is 17.3 Å². The Bertz CT molecular complexity index is 563. The van der Waals surface area contributed by atoms with Crippen molar-refractivity contribution in [2.24, 2.45) is 0 Å². The van der Waals surface area contributed by atoms with E-state index in [4.69, 9.17) is 5.11 Å². The molecule has 0 bridgehead atoms. The van der Waals surface area contributed by atoms with E-state index < -0.39 is 5.97 Å². The van der Waals surface area contributed by atoms with E-state index in [1.165, 1.54) is 0 Å². The summed E-state index contributed by atoms with van der Waals surface area (Å²) in [7, 11) is 0. The lowest BCUT2D eigenvalue weighted by atomic mass is 10.2. The van der Waals surface area contributed by atoms with E-state index in [0.29, 0.717) is 12.2 Å². The topological polar surface area (TPSA) is 67.2 Å². The van der Waals surface area contributed by atoms with Gasteiger partial charge in [0.1, 0.15) is 0 Å². The maximum Gasteiger partial charge on any atom is 0.337 e. The molecule has 0 spiro atoms. The van der Waals surface area contributed by atoms with Gasteiger partial charge in [0.15, 0.2) is 0 Å². The standard InChI is InChI=1S/C14H17N3O2/c1-2-9-17-11(7-8-16-17)10-15-13-6-4-3-5-12(13)14(18)19/h3-8,15H,2,9-10H2,1H3,(H,18,19). The summed E-state index contributed by atoms with van der Waals surface area (Å²) >= 11 is 0. The van der Waals surface area contributed by atoms with Crippen LogP contribution in [0.5, 0.6) is 0 Å². The molecule has 0 aliphatic carbocycles. The van der Waals surface area contributed by atoms with Crippen LogP contribution in [0, 0.1) is 0 Å². The molecular formula is C14H17N3O2. The molecule has 5 heteroatoms. The fraction of sp³-hybridized carbons (Fsp3) is 0.286. The number of hydrogen-bond donors (Lipinski definition) is 2. The quantitative estimate of drug-likeness (QED) is 0.836. The highest BCUT2D eigenvalue weighted by molar-refractivity contribution is 5.94. The summed E-state index contributed by atoms with van der Waals surface area (Å²) in [5.41, 5.74) is 1.95. The Balaban J connectivity index is 2.10. The maximum absolute atomic E-state index is 11.1. The number of hydrogen-bond acceptors (Lipinski definition) is 3. The Labute approximate surface area is 111 Å². The van der Waals surface area contributed by atoms with Crippen LogP contribution < -0.4 is 5.32 Å². The number of carboxylic acids is 1. The molecule has 0 fully saturated rings. The van der Waals surface area contributed by atoms with Crippen LogP contribution in [0.4, 0.5) is 5.69 Å². The summed E-state index contributed by atoms with van der Waals surface area (Å²) in [6.07, 6.45) is 2.77. The number of carboxylic acid groups (broad SMARTS) is 1. The zero-order valence-corrected chi connectivity index (χ0v) is 10.8. The fourth-order valence-corrected chi connectivity index (χ4v) is 1.93. The number of carbonyl (C=O) groups is 1. The second-order valence-electron chi connectivity index (χ2n) is 4.25. The van der Waals surface area contributed by atoms with Crippen molar-refractivity contribution in [1.82, 2.24) is 9.78 Å². The molecule has 0 atom stereocenters. The SMILES string of the molecule is CCCn1nccc1CNc1ccccc1C(=O)O. The van der Waals surface area contributed by atoms with Gasteiger partial charge in [-0.25, -0.2) is 4.79 Å². The van der Waals surface area contributed by atoms with Crippen molar-refractivity contribution in [2.45, 2.75) is 26.4 Å². The van der Waals surface area contributed by atoms with E-state index in [9.17, 15) is 4.79 Å². The molecule has 0 aliphatic heterocycles. The summed E-state index contributed by atoms with van der Waals surface area (Å²) in [5, 5.41) is 16.5. The Morgan fingerprint density at radius 3 is 2.89 bits per heavy atom. The number of rotatable bonds is 6. The highest BCUT2D eigenvalue weighted by atomic mass is 16.4. The van der Waals surface area contributed by atoms with Crippen molar-refractivity contribution in [2.75, 3.05) is 5.32 Å². The van der Waals surface area contributed by atoms with Crippen molar-refractivity contribution in [3.05, 3.63) is 47.8 Å². The highest BCUT2D eigenvalue weighted by Crippen LogP contribution is 2.16. The Kier molecular flexibility index (Phi) is 4.18. The molecule has 5 nitrogen and oxygen atoms in total. The van der Waals surface area contributed by atoms with Gasteiger partial charge in [0.05, 0.1) is 17.8 Å². The van der Waals surface area contributed by atoms with Crippen molar-refractivity contribution < 1.29 is 9.90 Å². The molecule has 0 saturated carbocycles. The van der Waals surface area contributed by atoms with Crippen LogP contribution in [0.3, 0.4) is 0 Å². The summed E-state index contributed by atoms with van der Waals surface area (Å²) in [5.74, 6) is -0.926. The minimum Gasteiger partial charge on any atom is -0.478 e. The predicted molar refractivity (Wildman–Crippen MR) is 73.2 cm³/mol. The second kappa shape index (κ2) is 6.04. The molecule has 1 aromatic carbocycles. The molecule has 2 aromatic rings. The van der Waals surface area contributed by atoms with Gasteiger partial charge in [-0.1, -0.05) is 19.1 Å². The number of benzene rings is 1. The molecule has 0 aliphatic rings. The molecule has 0 unspecified atom stereocenters. The van der Waals surface area contributed by atoms with Crippen molar-refractivity contribution >= 4 is 11.7 Å². The largest absolute Gasteiger partial charge is 0.478 e. The zero-order valence-electron chi connectivity index (χ0n) is 10.8. The van der Waals surface area contributed by atoms with E-state index in [1.54, 1.807) is 24.4 Å². The van der Waals surface area contributed by atoms with Gasteiger partial charge >= 0.3 is 5.97 Å². The highest BCUT2D eigenvalue weighted by Gasteiger charge is 2.09. The van der Waals surface area contributed by atoms with Crippen molar-refractivity contribution in [1.29, 1.82) is 0 Å². The molecule has 1 heterocycles. The molecule has 19 heavy (non-hydrogen) atoms. The van der Waals surface area contributed by atoms with Crippen LogP contribution >= 0.6 is 0 Å².